The van der Waals surface area contributed by atoms with Gasteiger partial charge in [-0.15, -0.1) is 0 Å². The molecule has 12 heteroatoms. The number of hydroxylamine groups is 4. The molecule has 43 heavy (non-hydrogen) atoms. The summed E-state index contributed by atoms with van der Waals surface area (Å²) in [5.41, 5.74) is 9.24. The minimum Gasteiger partial charge on any atom is -0.386 e. The molecular weight excluding hydrogens is 544 g/mol. The van der Waals surface area contributed by atoms with Crippen molar-refractivity contribution in [2.45, 2.75) is 47.5 Å². The van der Waals surface area contributed by atoms with Crippen LogP contribution in [0.1, 0.15) is 47.5 Å². The third kappa shape index (κ3) is 5.73. The highest BCUT2D eigenvalue weighted by atomic mass is 16.7. The Bertz CT molecular complexity index is 1340. The molecular formula is C31H48N10O2. The fourth-order valence-electron chi connectivity index (χ4n) is 6.33. The van der Waals surface area contributed by atoms with Gasteiger partial charge < -0.3 is 30.2 Å². The molecule has 0 radical (unpaired) electrons. The van der Waals surface area contributed by atoms with E-state index in [4.69, 9.17) is 19.7 Å². The molecule has 0 aliphatic carbocycles. The van der Waals surface area contributed by atoms with E-state index in [0.29, 0.717) is 13.3 Å². The first-order chi connectivity index (χ1) is 20.9. The first-order valence-electron chi connectivity index (χ1n) is 15.4. The van der Waals surface area contributed by atoms with Crippen LogP contribution < -0.4 is 10.6 Å². The lowest BCUT2D eigenvalue weighted by Gasteiger charge is -2.40. The number of likely N-dealkylation sites (N-methyl/N-ethyl adjacent to an activating group) is 2. The second-order valence-electron chi connectivity index (χ2n) is 11.2. The molecule has 6 rings (SSSR count). The fourth-order valence-corrected chi connectivity index (χ4v) is 6.33. The molecule has 0 aromatic heterocycles. The Kier molecular flexibility index (Phi) is 9.36. The van der Waals surface area contributed by atoms with Crippen molar-refractivity contribution in [1.82, 2.24) is 40.4 Å². The monoisotopic (exact) mass is 592 g/mol. The number of nitrogens with zero attached hydrogens (tertiary/aromatic N) is 8. The van der Waals surface area contributed by atoms with E-state index >= 15 is 0 Å². The summed E-state index contributed by atoms with van der Waals surface area (Å²) in [4.78, 5) is 29.5. The van der Waals surface area contributed by atoms with Crippen LogP contribution in [0.15, 0.2) is 79.4 Å². The lowest BCUT2D eigenvalue weighted by Crippen LogP contribution is -2.43. The molecule has 0 spiro atoms. The molecule has 0 bridgehead atoms. The molecule has 0 unspecified atom stereocenters. The van der Waals surface area contributed by atoms with E-state index in [1.165, 1.54) is 28.5 Å². The van der Waals surface area contributed by atoms with Crippen LogP contribution in [0, 0.1) is 0 Å². The van der Waals surface area contributed by atoms with Crippen LogP contribution in [0.25, 0.3) is 0 Å². The number of hydrogen-bond donors (Lipinski definition) is 2. The highest BCUT2D eigenvalue weighted by Crippen LogP contribution is 2.37. The Morgan fingerprint density at radius 3 is 1.63 bits per heavy atom. The first kappa shape index (κ1) is 30.6. The van der Waals surface area contributed by atoms with Gasteiger partial charge in [-0.3, -0.25) is 9.68 Å². The molecule has 234 valence electrons. The van der Waals surface area contributed by atoms with Crippen molar-refractivity contribution >= 4 is 12.4 Å². The van der Waals surface area contributed by atoms with Gasteiger partial charge >= 0.3 is 0 Å². The van der Waals surface area contributed by atoms with Crippen LogP contribution in [0.3, 0.4) is 0 Å². The number of rotatable bonds is 9. The molecule has 12 nitrogen and oxygen atoms in total. The van der Waals surface area contributed by atoms with E-state index < -0.39 is 0 Å². The van der Waals surface area contributed by atoms with Gasteiger partial charge in [-0.25, -0.2) is 20.1 Å². The average Bonchev–Trinajstić information content (AvgIpc) is 3.63. The largest absolute Gasteiger partial charge is 0.386 e. The van der Waals surface area contributed by atoms with Gasteiger partial charge in [0, 0.05) is 39.8 Å². The molecule has 0 aromatic carbocycles. The van der Waals surface area contributed by atoms with E-state index in [2.05, 4.69) is 64.9 Å². The zero-order valence-electron chi connectivity index (χ0n) is 27.1. The van der Waals surface area contributed by atoms with Gasteiger partial charge in [-0.1, -0.05) is 13.8 Å². The van der Waals surface area contributed by atoms with Crippen molar-refractivity contribution in [2.75, 3.05) is 67.3 Å². The topological polar surface area (TPSA) is 86.7 Å². The van der Waals surface area contributed by atoms with E-state index in [1.54, 1.807) is 14.2 Å². The van der Waals surface area contributed by atoms with E-state index in [0.717, 1.165) is 74.1 Å². The van der Waals surface area contributed by atoms with Gasteiger partial charge in [-0.2, -0.15) is 0 Å². The lowest BCUT2D eigenvalue weighted by molar-refractivity contribution is -0.0971. The number of nitrogens with one attached hydrogen (secondary N) is 2. The predicted molar refractivity (Wildman–Crippen MR) is 170 cm³/mol. The van der Waals surface area contributed by atoms with Crippen LogP contribution in [-0.4, -0.2) is 109 Å². The summed E-state index contributed by atoms with van der Waals surface area (Å²) in [6.07, 6.45) is 10.1. The van der Waals surface area contributed by atoms with Gasteiger partial charge in [-0.05, 0) is 44.8 Å². The molecule has 0 aromatic rings. The Morgan fingerprint density at radius 2 is 1.21 bits per heavy atom. The van der Waals surface area contributed by atoms with E-state index in [1.807, 2.05) is 42.0 Å². The van der Waals surface area contributed by atoms with Gasteiger partial charge in [0.05, 0.1) is 61.8 Å². The van der Waals surface area contributed by atoms with Crippen molar-refractivity contribution in [2.24, 2.45) is 9.98 Å². The minimum absolute atomic E-state index is 0.701. The first-order valence-corrected chi connectivity index (χ1v) is 15.4. The summed E-state index contributed by atoms with van der Waals surface area (Å²) >= 11 is 0. The molecule has 6 aliphatic rings. The Morgan fingerprint density at radius 1 is 0.744 bits per heavy atom. The SMILES string of the molecule is CCCN1CC(C)=C(NC)C2=C1N1CN(OC)C=C1C=N2.CCCN1CC(C)=C(NCC)C2=C1N1CN(OC)C=C1C=N2. The van der Waals surface area contributed by atoms with Crippen LogP contribution in [0.4, 0.5) is 0 Å². The zero-order chi connectivity index (χ0) is 30.7. The van der Waals surface area contributed by atoms with E-state index in [9.17, 15) is 0 Å². The highest BCUT2D eigenvalue weighted by molar-refractivity contribution is 5.82. The maximum atomic E-state index is 5.36. The number of aliphatic imine (C=N–C) groups is 2. The second kappa shape index (κ2) is 13.2. The fraction of sp³-hybridized carbons (Fsp3) is 0.548. The van der Waals surface area contributed by atoms with Crippen molar-refractivity contribution < 1.29 is 9.68 Å². The predicted octanol–water partition coefficient (Wildman–Crippen LogP) is 3.26. The number of fused-ring (bicyclic) bond motifs is 4. The van der Waals surface area contributed by atoms with Crippen molar-refractivity contribution in [3.05, 3.63) is 69.4 Å². The molecule has 0 fully saturated rings. The standard InChI is InChI=1S/C16H25N5O.C15H23N5O/c1-5-7-19-9-12(3)14(17-6-2)15-16(19)21-11-20(22-4)10-13(21)8-18-15;1-5-6-18-8-11(2)13(16-3)14-15(18)20-10-19(21-4)9-12(20)7-17-14/h8,10,17H,5-7,9,11H2,1-4H3;7,9,16H,5-6,8,10H2,1-4H3. The van der Waals surface area contributed by atoms with Crippen LogP contribution >= 0.6 is 0 Å². The number of allylic oxidation sites excluding steroid dienone is 2. The van der Waals surface area contributed by atoms with Gasteiger partial charge in [0.15, 0.2) is 0 Å². The summed E-state index contributed by atoms with van der Waals surface area (Å²) in [5, 5.41) is 10.5. The molecule has 0 saturated heterocycles. The van der Waals surface area contributed by atoms with Gasteiger partial charge in [0.25, 0.3) is 0 Å². The summed E-state index contributed by atoms with van der Waals surface area (Å²) in [5.74, 6) is 2.37. The maximum absolute atomic E-state index is 5.36. The van der Waals surface area contributed by atoms with Crippen molar-refractivity contribution in [3.63, 3.8) is 0 Å². The van der Waals surface area contributed by atoms with Gasteiger partial charge in [0.1, 0.15) is 36.4 Å². The summed E-state index contributed by atoms with van der Waals surface area (Å²) in [6.45, 7) is 17.2. The smallest absolute Gasteiger partial charge is 0.139 e. The summed E-state index contributed by atoms with van der Waals surface area (Å²) < 4.78 is 0. The van der Waals surface area contributed by atoms with Crippen LogP contribution in [0.2, 0.25) is 0 Å². The molecule has 6 heterocycles. The molecule has 0 saturated carbocycles. The maximum Gasteiger partial charge on any atom is 0.139 e. The Balaban J connectivity index is 0.000000171. The second-order valence-corrected chi connectivity index (χ2v) is 11.2. The van der Waals surface area contributed by atoms with Crippen molar-refractivity contribution in [3.8, 4) is 0 Å². The molecule has 0 amide bonds. The minimum atomic E-state index is 0.701. The lowest BCUT2D eigenvalue weighted by atomic mass is 10.1. The molecule has 6 aliphatic heterocycles. The third-order valence-corrected chi connectivity index (χ3v) is 8.17. The number of hydrogen-bond acceptors (Lipinski definition) is 12. The zero-order valence-corrected chi connectivity index (χ0v) is 27.1. The summed E-state index contributed by atoms with van der Waals surface area (Å²) in [7, 11) is 5.35. The van der Waals surface area contributed by atoms with Crippen LogP contribution in [-0.2, 0) is 9.68 Å². The molecule has 0 atom stereocenters. The Labute approximate surface area is 256 Å². The molecule has 2 N–H and O–H groups in total. The highest BCUT2D eigenvalue weighted by Gasteiger charge is 2.37. The normalized spacial score (nSPS) is 20.7. The van der Waals surface area contributed by atoms with Crippen LogP contribution in [0.5, 0.6) is 0 Å². The quantitative estimate of drug-likeness (QED) is 0.416. The third-order valence-electron chi connectivity index (χ3n) is 8.17. The van der Waals surface area contributed by atoms with Crippen molar-refractivity contribution in [1.29, 1.82) is 0 Å². The summed E-state index contributed by atoms with van der Waals surface area (Å²) in [6, 6.07) is 0. The Hall–Kier alpha value is -3.90. The van der Waals surface area contributed by atoms with E-state index in [-0.39, 0.29) is 0 Å². The van der Waals surface area contributed by atoms with Gasteiger partial charge in [0.2, 0.25) is 0 Å². The average molecular weight is 593 g/mol.